The molecule has 6 nitrogen and oxygen atoms in total. The van der Waals surface area contributed by atoms with Crippen molar-refractivity contribution in [3.05, 3.63) is 69.2 Å². The average Bonchev–Trinajstić information content (AvgIpc) is 3.34. The second kappa shape index (κ2) is 7.88. The largest absolute Gasteiger partial charge is 0.475 e. The fraction of sp³-hybridized carbons (Fsp3) is 0.190. The number of benzene rings is 1. The number of hydrogen-bond acceptors (Lipinski definition) is 6. The maximum Gasteiger partial charge on any atom is 0.371 e. The highest BCUT2D eigenvalue weighted by Gasteiger charge is 2.15. The monoisotopic (exact) mass is 426 g/mol. The van der Waals surface area contributed by atoms with Crippen LogP contribution in [0, 0.1) is 0 Å². The van der Waals surface area contributed by atoms with Crippen molar-refractivity contribution in [2.45, 2.75) is 30.7 Å². The van der Waals surface area contributed by atoms with Crippen molar-refractivity contribution in [2.24, 2.45) is 0 Å². The van der Waals surface area contributed by atoms with Gasteiger partial charge in [-0.2, -0.15) is 0 Å². The number of carboxylic acids is 1. The minimum absolute atomic E-state index is 0.108. The van der Waals surface area contributed by atoms with Gasteiger partial charge in [0.15, 0.2) is 5.16 Å². The summed E-state index contributed by atoms with van der Waals surface area (Å²) in [5.41, 5.74) is 2.93. The molecule has 4 aromatic rings. The maximum absolute atomic E-state index is 12.7. The van der Waals surface area contributed by atoms with Crippen LogP contribution in [0.5, 0.6) is 0 Å². The molecule has 0 saturated heterocycles. The lowest BCUT2D eigenvalue weighted by Gasteiger charge is -2.06. The van der Waals surface area contributed by atoms with Gasteiger partial charge in [0.05, 0.1) is 11.1 Å². The molecule has 1 aromatic carbocycles. The summed E-state index contributed by atoms with van der Waals surface area (Å²) in [6.07, 6.45) is 0. The molecule has 0 saturated carbocycles. The third-order valence-corrected chi connectivity index (χ3v) is 6.30. The lowest BCUT2D eigenvalue weighted by Crippen LogP contribution is -2.08. The summed E-state index contributed by atoms with van der Waals surface area (Å²) in [5, 5.41) is 11.9. The second-order valence-electron chi connectivity index (χ2n) is 6.84. The number of nitrogens with one attached hydrogen (secondary N) is 1. The summed E-state index contributed by atoms with van der Waals surface area (Å²) < 4.78 is 5.24. The normalized spacial score (nSPS) is 11.4. The third-order valence-electron chi connectivity index (χ3n) is 4.53. The predicted molar refractivity (Wildman–Crippen MR) is 115 cm³/mol. The minimum Gasteiger partial charge on any atom is -0.475 e. The zero-order valence-corrected chi connectivity index (χ0v) is 17.4. The van der Waals surface area contributed by atoms with Gasteiger partial charge < -0.3 is 14.5 Å². The van der Waals surface area contributed by atoms with Crippen molar-refractivity contribution in [3.8, 4) is 11.1 Å². The Bertz CT molecular complexity index is 1240. The van der Waals surface area contributed by atoms with Crippen LogP contribution in [0.15, 0.2) is 56.1 Å². The van der Waals surface area contributed by atoms with E-state index < -0.39 is 5.97 Å². The number of rotatable bonds is 6. The number of carboxylic acid groups (broad SMARTS) is 1. The van der Waals surface area contributed by atoms with E-state index in [-0.39, 0.29) is 11.3 Å². The Morgan fingerprint density at radius 1 is 1.24 bits per heavy atom. The highest BCUT2D eigenvalue weighted by atomic mass is 32.2. The molecule has 3 aromatic heterocycles. The van der Waals surface area contributed by atoms with Crippen molar-refractivity contribution in [1.82, 2.24) is 9.97 Å². The van der Waals surface area contributed by atoms with Crippen molar-refractivity contribution in [2.75, 3.05) is 0 Å². The van der Waals surface area contributed by atoms with Gasteiger partial charge in [-0.05, 0) is 29.2 Å². The topological polar surface area (TPSA) is 96.2 Å². The van der Waals surface area contributed by atoms with E-state index in [1.54, 1.807) is 6.07 Å². The molecule has 148 valence electrons. The van der Waals surface area contributed by atoms with E-state index in [1.807, 2.05) is 17.5 Å². The molecule has 0 fully saturated rings. The van der Waals surface area contributed by atoms with Gasteiger partial charge in [0, 0.05) is 10.9 Å². The van der Waals surface area contributed by atoms with Crippen LogP contribution >= 0.6 is 23.1 Å². The van der Waals surface area contributed by atoms with E-state index in [0.717, 1.165) is 11.1 Å². The summed E-state index contributed by atoms with van der Waals surface area (Å²) in [6, 6.07) is 11.3. The van der Waals surface area contributed by atoms with Crippen LogP contribution in [0.25, 0.3) is 21.3 Å². The first kappa shape index (κ1) is 19.5. The lowest BCUT2D eigenvalue weighted by molar-refractivity contribution is 0.0661. The Kier molecular flexibility index (Phi) is 5.29. The number of nitrogens with zero attached hydrogens (tertiary/aromatic N) is 1. The number of hydrogen-bond donors (Lipinski definition) is 2. The quantitative estimate of drug-likeness (QED) is 0.318. The van der Waals surface area contributed by atoms with Crippen LogP contribution < -0.4 is 5.56 Å². The molecule has 0 radical (unpaired) electrons. The SMILES string of the molecule is CC(C)c1ccc(-c2csc3nc(SCc4ccc(C(=O)O)o4)[nH]c(=O)c23)cc1. The van der Waals surface area contributed by atoms with E-state index in [4.69, 9.17) is 9.52 Å². The number of fused-ring (bicyclic) bond motifs is 1. The van der Waals surface area contributed by atoms with Crippen LogP contribution in [-0.4, -0.2) is 21.0 Å². The highest BCUT2D eigenvalue weighted by molar-refractivity contribution is 7.98. The first-order valence-corrected chi connectivity index (χ1v) is 10.9. The summed E-state index contributed by atoms with van der Waals surface area (Å²) in [4.78, 5) is 31.7. The van der Waals surface area contributed by atoms with Crippen LogP contribution in [-0.2, 0) is 5.75 Å². The summed E-state index contributed by atoms with van der Waals surface area (Å²) >= 11 is 2.72. The van der Waals surface area contributed by atoms with Crippen LogP contribution in [0.4, 0.5) is 0 Å². The zero-order chi connectivity index (χ0) is 20.5. The van der Waals surface area contributed by atoms with Gasteiger partial charge in [-0.3, -0.25) is 4.79 Å². The molecule has 0 aliphatic carbocycles. The molecule has 0 unspecified atom stereocenters. The van der Waals surface area contributed by atoms with Gasteiger partial charge in [-0.15, -0.1) is 11.3 Å². The fourth-order valence-electron chi connectivity index (χ4n) is 2.97. The molecule has 0 atom stereocenters. The fourth-order valence-corrected chi connectivity index (χ4v) is 4.73. The van der Waals surface area contributed by atoms with Crippen LogP contribution in [0.2, 0.25) is 0 Å². The first-order chi connectivity index (χ1) is 13.9. The standard InChI is InChI=1S/C21H18N2O4S2/c1-11(2)12-3-5-13(6-4-12)15-10-28-19-17(15)18(24)22-21(23-19)29-9-14-7-8-16(27-14)20(25)26/h3-8,10-11H,9H2,1-2H3,(H,25,26)(H,22,23,24). The number of aromatic amines is 1. The molecule has 0 amide bonds. The Labute approximate surface area is 174 Å². The Balaban J connectivity index is 1.59. The Hall–Kier alpha value is -2.84. The molecule has 29 heavy (non-hydrogen) atoms. The second-order valence-corrected chi connectivity index (χ2v) is 8.66. The molecular formula is C21H18N2O4S2. The number of H-pyrrole nitrogens is 1. The third kappa shape index (κ3) is 3.99. The number of furan rings is 1. The first-order valence-electron chi connectivity index (χ1n) is 8.99. The zero-order valence-electron chi connectivity index (χ0n) is 15.8. The molecular weight excluding hydrogens is 408 g/mol. The minimum atomic E-state index is -1.11. The van der Waals surface area contributed by atoms with Crippen LogP contribution in [0.3, 0.4) is 0 Å². The van der Waals surface area contributed by atoms with E-state index in [1.165, 1.54) is 34.7 Å². The molecule has 0 aliphatic heterocycles. The number of aromatic carboxylic acids is 1. The van der Waals surface area contributed by atoms with Crippen molar-refractivity contribution < 1.29 is 14.3 Å². The van der Waals surface area contributed by atoms with Gasteiger partial charge in [-0.1, -0.05) is 49.9 Å². The number of thioether (sulfide) groups is 1. The number of thiophene rings is 1. The summed E-state index contributed by atoms with van der Waals surface area (Å²) in [7, 11) is 0. The smallest absolute Gasteiger partial charge is 0.371 e. The Morgan fingerprint density at radius 3 is 2.66 bits per heavy atom. The van der Waals surface area contributed by atoms with E-state index in [0.29, 0.717) is 32.8 Å². The van der Waals surface area contributed by atoms with Crippen molar-refractivity contribution in [3.63, 3.8) is 0 Å². The van der Waals surface area contributed by atoms with Crippen LogP contribution in [0.1, 0.15) is 41.6 Å². The van der Waals surface area contributed by atoms with E-state index >= 15 is 0 Å². The predicted octanol–water partition coefficient (Wildman–Crippen LogP) is 5.36. The number of carbonyl (C=O) groups is 1. The van der Waals surface area contributed by atoms with Gasteiger partial charge in [0.1, 0.15) is 10.6 Å². The molecule has 0 bridgehead atoms. The van der Waals surface area contributed by atoms with Gasteiger partial charge >= 0.3 is 5.97 Å². The number of aromatic nitrogens is 2. The Morgan fingerprint density at radius 2 is 2.00 bits per heavy atom. The summed E-state index contributed by atoms with van der Waals surface area (Å²) in [6.45, 7) is 4.29. The molecule has 2 N–H and O–H groups in total. The molecule has 0 aliphatic rings. The summed E-state index contributed by atoms with van der Waals surface area (Å²) in [5.74, 6) is 0.114. The van der Waals surface area contributed by atoms with Gasteiger partial charge in [-0.25, -0.2) is 9.78 Å². The lowest BCUT2D eigenvalue weighted by atomic mass is 9.99. The van der Waals surface area contributed by atoms with Crippen molar-refractivity contribution in [1.29, 1.82) is 0 Å². The van der Waals surface area contributed by atoms with E-state index in [9.17, 15) is 9.59 Å². The van der Waals surface area contributed by atoms with Gasteiger partial charge in [0.2, 0.25) is 5.76 Å². The molecule has 8 heteroatoms. The van der Waals surface area contributed by atoms with Gasteiger partial charge in [0.25, 0.3) is 5.56 Å². The average molecular weight is 427 g/mol. The van der Waals surface area contributed by atoms with E-state index in [2.05, 4.69) is 35.9 Å². The molecule has 0 spiro atoms. The van der Waals surface area contributed by atoms with Crippen molar-refractivity contribution >= 4 is 39.3 Å². The maximum atomic E-state index is 12.7. The molecule has 4 rings (SSSR count). The highest BCUT2D eigenvalue weighted by Crippen LogP contribution is 2.32. The molecule has 3 heterocycles.